The van der Waals surface area contributed by atoms with E-state index in [1.807, 2.05) is 41.3 Å². The van der Waals surface area contributed by atoms with Crippen LogP contribution in [0.15, 0.2) is 84.9 Å². The van der Waals surface area contributed by atoms with Crippen LogP contribution in [0, 0.1) is 0 Å². The molecule has 0 aliphatic carbocycles. The zero-order valence-corrected chi connectivity index (χ0v) is 22.1. The van der Waals surface area contributed by atoms with Crippen LogP contribution < -0.4 is 10.6 Å². The van der Waals surface area contributed by atoms with Crippen molar-refractivity contribution in [2.24, 2.45) is 0 Å². The fourth-order valence-corrected chi connectivity index (χ4v) is 5.14. The molecule has 0 radical (unpaired) electrons. The van der Waals surface area contributed by atoms with Crippen LogP contribution >= 0.6 is 11.3 Å². The average molecular weight is 519 g/mol. The molecule has 4 aromatic rings. The van der Waals surface area contributed by atoms with E-state index in [9.17, 15) is 4.79 Å². The number of amides is 2. The number of hydrogen-bond donors (Lipinski definition) is 2. The minimum atomic E-state index is -0.328. The lowest BCUT2D eigenvalue weighted by Gasteiger charge is -2.26. The molecule has 0 aliphatic rings. The summed E-state index contributed by atoms with van der Waals surface area (Å²) >= 11 is 1.48. The molecule has 194 valence electrons. The number of rotatable bonds is 13. The zero-order valence-electron chi connectivity index (χ0n) is 21.3. The third-order valence-corrected chi connectivity index (χ3v) is 7.23. The number of benzene rings is 3. The third kappa shape index (κ3) is 7.60. The summed E-state index contributed by atoms with van der Waals surface area (Å²) in [6.45, 7) is 2.27. The molecule has 3 aromatic carbocycles. The first-order chi connectivity index (χ1) is 18.2. The smallest absolute Gasteiger partial charge is 0.323 e. The van der Waals surface area contributed by atoms with E-state index in [1.54, 1.807) is 14.2 Å². The molecule has 0 saturated carbocycles. The number of hydrogen-bond acceptors (Lipinski definition) is 6. The maximum absolute atomic E-state index is 13.4. The number of fused-ring (bicyclic) bond motifs is 1. The largest absolute Gasteiger partial charge is 0.355 e. The number of nitrogens with one attached hydrogen (secondary N) is 2. The SMILES string of the molecule is COC(CNCCN(CCC(c1ccccc1)c1ccccc1)C(=O)Nc1nc2ccccc2s1)OC. The number of nitrogens with zero attached hydrogens (tertiary/aromatic N) is 2. The minimum Gasteiger partial charge on any atom is -0.355 e. The van der Waals surface area contributed by atoms with Crippen LogP contribution in [0.25, 0.3) is 10.2 Å². The molecule has 0 spiro atoms. The first kappa shape index (κ1) is 26.8. The predicted octanol–water partition coefficient (Wildman–Crippen LogP) is 5.56. The predicted molar refractivity (Wildman–Crippen MR) is 150 cm³/mol. The van der Waals surface area contributed by atoms with Gasteiger partial charge in [0.05, 0.1) is 10.2 Å². The van der Waals surface area contributed by atoms with Gasteiger partial charge in [-0.1, -0.05) is 84.1 Å². The number of urea groups is 1. The van der Waals surface area contributed by atoms with Crippen molar-refractivity contribution in [1.29, 1.82) is 0 Å². The Morgan fingerprint density at radius 3 is 2.14 bits per heavy atom. The van der Waals surface area contributed by atoms with Crippen LogP contribution in [0.1, 0.15) is 23.5 Å². The van der Waals surface area contributed by atoms with E-state index in [4.69, 9.17) is 9.47 Å². The summed E-state index contributed by atoms with van der Waals surface area (Å²) in [4.78, 5) is 19.9. The molecule has 7 nitrogen and oxygen atoms in total. The van der Waals surface area contributed by atoms with E-state index in [2.05, 4.69) is 64.1 Å². The lowest BCUT2D eigenvalue weighted by Crippen LogP contribution is -2.42. The lowest BCUT2D eigenvalue weighted by molar-refractivity contribution is -0.0986. The quantitative estimate of drug-likeness (QED) is 0.179. The fourth-order valence-electron chi connectivity index (χ4n) is 4.29. The number of carbonyl (C=O) groups excluding carboxylic acids is 1. The van der Waals surface area contributed by atoms with Crippen molar-refractivity contribution >= 4 is 32.7 Å². The number of thiazole rings is 1. The van der Waals surface area contributed by atoms with E-state index in [0.29, 0.717) is 31.3 Å². The molecule has 1 heterocycles. The van der Waals surface area contributed by atoms with Crippen molar-refractivity contribution in [3.8, 4) is 0 Å². The van der Waals surface area contributed by atoms with Crippen molar-refractivity contribution in [3.63, 3.8) is 0 Å². The molecule has 0 unspecified atom stereocenters. The van der Waals surface area contributed by atoms with Gasteiger partial charge in [0.15, 0.2) is 11.4 Å². The lowest BCUT2D eigenvalue weighted by atomic mass is 9.88. The molecule has 0 atom stereocenters. The summed E-state index contributed by atoms with van der Waals surface area (Å²) in [7, 11) is 3.22. The average Bonchev–Trinajstić information content (AvgIpc) is 3.35. The first-order valence-corrected chi connectivity index (χ1v) is 13.3. The Bertz CT molecular complexity index is 1160. The highest BCUT2D eigenvalue weighted by Crippen LogP contribution is 2.29. The van der Waals surface area contributed by atoms with Crippen LogP contribution in [0.2, 0.25) is 0 Å². The van der Waals surface area contributed by atoms with Crippen LogP contribution in [0.5, 0.6) is 0 Å². The van der Waals surface area contributed by atoms with E-state index in [0.717, 1.165) is 16.6 Å². The summed E-state index contributed by atoms with van der Waals surface area (Å²) in [6.07, 6.45) is 0.464. The van der Waals surface area contributed by atoms with Crippen LogP contribution in [-0.4, -0.2) is 62.6 Å². The third-order valence-electron chi connectivity index (χ3n) is 6.28. The monoisotopic (exact) mass is 518 g/mol. The number of carbonyl (C=O) groups is 1. The van der Waals surface area contributed by atoms with Crippen molar-refractivity contribution in [1.82, 2.24) is 15.2 Å². The fraction of sp³-hybridized carbons (Fsp3) is 0.310. The normalized spacial score (nSPS) is 11.4. The molecule has 0 aliphatic heterocycles. The molecule has 0 saturated heterocycles. The topological polar surface area (TPSA) is 75.7 Å². The van der Waals surface area contributed by atoms with Crippen LogP contribution in [0.4, 0.5) is 9.93 Å². The summed E-state index contributed by atoms with van der Waals surface area (Å²) in [5.74, 6) is 0.180. The zero-order chi connectivity index (χ0) is 25.9. The van der Waals surface area contributed by atoms with Gasteiger partial charge in [0, 0.05) is 46.3 Å². The van der Waals surface area contributed by atoms with Crippen molar-refractivity contribution in [3.05, 3.63) is 96.1 Å². The van der Waals surface area contributed by atoms with Crippen molar-refractivity contribution in [2.75, 3.05) is 45.7 Å². The summed E-state index contributed by atoms with van der Waals surface area (Å²) in [5.41, 5.74) is 3.36. The van der Waals surface area contributed by atoms with E-state index in [-0.39, 0.29) is 18.2 Å². The molecular formula is C29H34N4O3S. The van der Waals surface area contributed by atoms with E-state index < -0.39 is 0 Å². The maximum Gasteiger partial charge on any atom is 0.323 e. The standard InChI is InChI=1S/C29H34N4O3S/c1-35-27(36-2)21-30-18-20-33(29(34)32-28-31-25-15-9-10-16-26(25)37-28)19-17-24(22-11-5-3-6-12-22)23-13-7-4-8-14-23/h3-16,24,27,30H,17-21H2,1-2H3,(H,31,32,34). The number of ether oxygens (including phenoxy) is 2. The second kappa shape index (κ2) is 13.9. The van der Waals surface area contributed by atoms with Crippen LogP contribution in [-0.2, 0) is 9.47 Å². The molecule has 2 N–H and O–H groups in total. The van der Waals surface area contributed by atoms with Crippen LogP contribution in [0.3, 0.4) is 0 Å². The number of methoxy groups -OCH3 is 2. The van der Waals surface area contributed by atoms with Gasteiger partial charge in [-0.2, -0.15) is 0 Å². The van der Waals surface area contributed by atoms with Crippen molar-refractivity contribution in [2.45, 2.75) is 18.6 Å². The van der Waals surface area contributed by atoms with Gasteiger partial charge in [-0.15, -0.1) is 0 Å². The van der Waals surface area contributed by atoms with Gasteiger partial charge in [-0.3, -0.25) is 5.32 Å². The highest BCUT2D eigenvalue weighted by molar-refractivity contribution is 7.22. The number of para-hydroxylation sites is 1. The molecular weight excluding hydrogens is 484 g/mol. The Balaban J connectivity index is 1.47. The maximum atomic E-state index is 13.4. The molecule has 0 bridgehead atoms. The van der Waals surface area contributed by atoms with Gasteiger partial charge in [-0.25, -0.2) is 9.78 Å². The number of anilines is 1. The molecule has 4 rings (SSSR count). The molecule has 37 heavy (non-hydrogen) atoms. The first-order valence-electron chi connectivity index (χ1n) is 12.5. The Hall–Kier alpha value is -3.30. The van der Waals surface area contributed by atoms with E-state index >= 15 is 0 Å². The van der Waals surface area contributed by atoms with Gasteiger partial charge in [0.1, 0.15) is 0 Å². The van der Waals surface area contributed by atoms with Gasteiger partial charge >= 0.3 is 6.03 Å². The van der Waals surface area contributed by atoms with Gasteiger partial charge in [0.25, 0.3) is 0 Å². The summed E-state index contributed by atoms with van der Waals surface area (Å²) in [6, 6.07) is 28.7. The summed E-state index contributed by atoms with van der Waals surface area (Å²) in [5, 5.41) is 6.95. The Morgan fingerprint density at radius 2 is 1.51 bits per heavy atom. The molecule has 1 aromatic heterocycles. The van der Waals surface area contributed by atoms with Gasteiger partial charge in [-0.05, 0) is 29.7 Å². The summed E-state index contributed by atoms with van der Waals surface area (Å²) < 4.78 is 11.6. The van der Waals surface area contributed by atoms with Gasteiger partial charge < -0.3 is 19.7 Å². The molecule has 8 heteroatoms. The minimum absolute atomic E-state index is 0.157. The Morgan fingerprint density at radius 1 is 0.892 bits per heavy atom. The van der Waals surface area contributed by atoms with E-state index in [1.165, 1.54) is 22.5 Å². The Kier molecular flexibility index (Phi) is 10.0. The number of aromatic nitrogens is 1. The molecule has 0 fully saturated rings. The second-order valence-electron chi connectivity index (χ2n) is 8.67. The second-order valence-corrected chi connectivity index (χ2v) is 9.70. The Labute approximate surface area is 222 Å². The highest BCUT2D eigenvalue weighted by atomic mass is 32.1. The van der Waals surface area contributed by atoms with Gasteiger partial charge in [0.2, 0.25) is 0 Å². The molecule has 2 amide bonds. The van der Waals surface area contributed by atoms with Crippen molar-refractivity contribution < 1.29 is 14.3 Å². The highest BCUT2D eigenvalue weighted by Gasteiger charge is 2.20.